The van der Waals surface area contributed by atoms with E-state index in [2.05, 4.69) is 88.2 Å². The lowest BCUT2D eigenvalue weighted by atomic mass is 9.93. The van der Waals surface area contributed by atoms with Gasteiger partial charge in [0, 0.05) is 67.2 Å². The number of benzene rings is 3. The largest absolute Gasteiger partial charge is 0.339 e. The van der Waals surface area contributed by atoms with Gasteiger partial charge < -0.3 is 14.8 Å². The molecule has 5 aromatic rings. The van der Waals surface area contributed by atoms with Crippen LogP contribution in [-0.4, -0.2) is 69.9 Å². The Balaban J connectivity index is 1.05. The molecule has 228 valence electrons. The van der Waals surface area contributed by atoms with Crippen molar-refractivity contribution in [3.63, 3.8) is 0 Å². The average Bonchev–Trinajstić information content (AvgIpc) is 3.84. The van der Waals surface area contributed by atoms with Crippen LogP contribution >= 0.6 is 0 Å². The predicted octanol–water partition coefficient (Wildman–Crippen LogP) is 6.82. The summed E-state index contributed by atoms with van der Waals surface area (Å²) < 4.78 is 0. The summed E-state index contributed by atoms with van der Waals surface area (Å²) in [6.07, 6.45) is 5.05. The Morgan fingerprint density at radius 1 is 0.867 bits per heavy atom. The molecule has 0 atom stereocenters. The number of rotatable bonds is 7. The highest BCUT2D eigenvalue weighted by molar-refractivity contribution is 6.09. The molecule has 1 N–H and O–H groups in total. The van der Waals surface area contributed by atoms with Crippen LogP contribution in [0.15, 0.2) is 73.1 Å². The number of hydrogen-bond acceptors (Lipinski definition) is 5. The van der Waals surface area contributed by atoms with E-state index in [0.717, 1.165) is 96.1 Å². The number of piperazine rings is 1. The standard InChI is InChI=1S/C38H40N6O/c1-3-42-17-19-43(20-18-42)23-26-7-9-28(10-8-26)34-22-33-36(39-24-40-37(33)41-34)31-5-4-6-35(25(31)2)44-16-15-30-21-29(27-11-12-27)13-14-32(30)38(44)45/h4-10,13-14,21-22,24,27H,3,11-12,15-20,23H2,1-2H3,(H,39,40,41). The second-order valence-corrected chi connectivity index (χ2v) is 12.9. The van der Waals surface area contributed by atoms with Gasteiger partial charge in [-0.25, -0.2) is 9.97 Å². The molecule has 45 heavy (non-hydrogen) atoms. The third kappa shape index (κ3) is 5.34. The third-order valence-electron chi connectivity index (χ3n) is 10.1. The molecule has 3 aromatic carbocycles. The molecule has 2 aliphatic heterocycles. The first-order valence-electron chi connectivity index (χ1n) is 16.5. The Bertz CT molecular complexity index is 1880. The van der Waals surface area contributed by atoms with E-state index in [1.165, 1.54) is 29.5 Å². The van der Waals surface area contributed by atoms with E-state index in [-0.39, 0.29) is 5.91 Å². The number of aromatic amines is 1. The van der Waals surface area contributed by atoms with Crippen LogP contribution in [0, 0.1) is 6.92 Å². The van der Waals surface area contributed by atoms with Crippen molar-refractivity contribution in [3.05, 3.63) is 101 Å². The molecule has 0 spiro atoms. The lowest BCUT2D eigenvalue weighted by Gasteiger charge is -2.34. The molecule has 2 fully saturated rings. The van der Waals surface area contributed by atoms with E-state index in [9.17, 15) is 4.79 Å². The van der Waals surface area contributed by atoms with Crippen molar-refractivity contribution in [2.24, 2.45) is 0 Å². The Hall–Kier alpha value is -4.33. The van der Waals surface area contributed by atoms with Crippen molar-refractivity contribution >= 4 is 22.6 Å². The monoisotopic (exact) mass is 596 g/mol. The summed E-state index contributed by atoms with van der Waals surface area (Å²) in [4.78, 5) is 33.6. The van der Waals surface area contributed by atoms with Crippen LogP contribution in [0.4, 0.5) is 5.69 Å². The number of anilines is 1. The van der Waals surface area contributed by atoms with E-state index in [1.807, 2.05) is 17.0 Å². The second-order valence-electron chi connectivity index (χ2n) is 12.9. The summed E-state index contributed by atoms with van der Waals surface area (Å²) >= 11 is 0. The fourth-order valence-corrected chi connectivity index (χ4v) is 7.20. The summed E-state index contributed by atoms with van der Waals surface area (Å²) in [5, 5.41) is 0.980. The highest BCUT2D eigenvalue weighted by Gasteiger charge is 2.30. The van der Waals surface area contributed by atoms with Crippen molar-refractivity contribution in [1.29, 1.82) is 0 Å². The minimum absolute atomic E-state index is 0.0854. The molecule has 1 saturated heterocycles. The zero-order valence-corrected chi connectivity index (χ0v) is 26.2. The van der Waals surface area contributed by atoms with Crippen LogP contribution in [0.5, 0.6) is 0 Å². The van der Waals surface area contributed by atoms with E-state index < -0.39 is 0 Å². The van der Waals surface area contributed by atoms with Gasteiger partial charge in [-0.15, -0.1) is 0 Å². The first kappa shape index (κ1) is 28.2. The molecule has 1 amide bonds. The molecule has 7 nitrogen and oxygen atoms in total. The predicted molar refractivity (Wildman–Crippen MR) is 181 cm³/mol. The molecule has 8 rings (SSSR count). The van der Waals surface area contributed by atoms with E-state index in [1.54, 1.807) is 6.33 Å². The van der Waals surface area contributed by atoms with Crippen molar-refractivity contribution < 1.29 is 4.79 Å². The minimum Gasteiger partial charge on any atom is -0.339 e. The quantitative estimate of drug-likeness (QED) is 0.223. The molecular weight excluding hydrogens is 556 g/mol. The summed E-state index contributed by atoms with van der Waals surface area (Å²) in [7, 11) is 0. The van der Waals surface area contributed by atoms with Gasteiger partial charge in [0.1, 0.15) is 12.0 Å². The molecule has 2 aromatic heterocycles. The molecule has 0 bridgehead atoms. The number of carbonyl (C=O) groups is 1. The molecule has 0 radical (unpaired) electrons. The van der Waals surface area contributed by atoms with Gasteiger partial charge >= 0.3 is 0 Å². The number of likely N-dealkylation sites (N-methyl/N-ethyl adjacent to an activating group) is 1. The van der Waals surface area contributed by atoms with Crippen LogP contribution in [0.1, 0.15) is 58.3 Å². The van der Waals surface area contributed by atoms with Gasteiger partial charge in [-0.2, -0.15) is 0 Å². The average molecular weight is 597 g/mol. The lowest BCUT2D eigenvalue weighted by molar-refractivity contribution is 0.0980. The zero-order valence-electron chi connectivity index (χ0n) is 26.2. The molecule has 1 aliphatic carbocycles. The fraction of sp³-hybridized carbons (Fsp3) is 0.342. The molecule has 7 heteroatoms. The van der Waals surface area contributed by atoms with Crippen molar-refractivity contribution in [1.82, 2.24) is 24.8 Å². The molecule has 1 saturated carbocycles. The van der Waals surface area contributed by atoms with Gasteiger partial charge in [-0.3, -0.25) is 9.69 Å². The van der Waals surface area contributed by atoms with E-state index in [0.29, 0.717) is 12.5 Å². The van der Waals surface area contributed by atoms with Crippen LogP contribution < -0.4 is 4.90 Å². The van der Waals surface area contributed by atoms with Gasteiger partial charge in [0.05, 0.1) is 5.69 Å². The van der Waals surface area contributed by atoms with Crippen LogP contribution in [0.3, 0.4) is 0 Å². The van der Waals surface area contributed by atoms with Crippen LogP contribution in [0.2, 0.25) is 0 Å². The van der Waals surface area contributed by atoms with E-state index in [4.69, 9.17) is 4.98 Å². The van der Waals surface area contributed by atoms with Gasteiger partial charge in [0.2, 0.25) is 0 Å². The Kier molecular flexibility index (Phi) is 7.23. The Morgan fingerprint density at radius 3 is 2.44 bits per heavy atom. The summed E-state index contributed by atoms with van der Waals surface area (Å²) in [6.45, 7) is 11.7. The number of nitrogens with zero attached hydrogens (tertiary/aromatic N) is 5. The first-order chi connectivity index (χ1) is 22.1. The molecular formula is C38H40N6O. The van der Waals surface area contributed by atoms with Crippen molar-refractivity contribution in [3.8, 4) is 22.5 Å². The third-order valence-corrected chi connectivity index (χ3v) is 10.1. The number of nitrogens with one attached hydrogen (secondary N) is 1. The summed E-state index contributed by atoms with van der Waals surface area (Å²) in [5.74, 6) is 0.777. The van der Waals surface area contributed by atoms with Crippen molar-refractivity contribution in [2.75, 3.05) is 44.2 Å². The second kappa shape index (κ2) is 11.5. The van der Waals surface area contributed by atoms with Crippen LogP contribution in [-0.2, 0) is 13.0 Å². The number of H-pyrrole nitrogens is 1. The van der Waals surface area contributed by atoms with E-state index >= 15 is 0 Å². The topological polar surface area (TPSA) is 68.4 Å². The Morgan fingerprint density at radius 2 is 1.67 bits per heavy atom. The Labute approximate surface area is 264 Å². The summed E-state index contributed by atoms with van der Waals surface area (Å²) in [5.41, 5.74) is 11.6. The van der Waals surface area contributed by atoms with Crippen LogP contribution in [0.25, 0.3) is 33.5 Å². The number of aromatic nitrogens is 3. The lowest BCUT2D eigenvalue weighted by Crippen LogP contribution is -2.45. The maximum atomic E-state index is 13.7. The number of amides is 1. The maximum Gasteiger partial charge on any atom is 0.258 e. The molecule has 3 aliphatic rings. The highest BCUT2D eigenvalue weighted by atomic mass is 16.2. The number of carbonyl (C=O) groups excluding carboxylic acids is 1. The number of fused-ring (bicyclic) bond motifs is 2. The maximum absolute atomic E-state index is 13.7. The summed E-state index contributed by atoms with van der Waals surface area (Å²) in [6, 6.07) is 23.7. The smallest absolute Gasteiger partial charge is 0.258 e. The van der Waals surface area contributed by atoms with Gasteiger partial charge in [-0.1, -0.05) is 55.5 Å². The SMILES string of the molecule is CCN1CCN(Cc2ccc(-c3cc4c(-c5cccc(N6CCc7cc(C8CC8)ccc7C6=O)c5C)ncnc4[nH]3)cc2)CC1. The fourth-order valence-electron chi connectivity index (χ4n) is 7.20. The van der Waals surface area contributed by atoms with Gasteiger partial charge in [0.15, 0.2) is 0 Å². The molecule has 4 heterocycles. The zero-order chi connectivity index (χ0) is 30.5. The highest BCUT2D eigenvalue weighted by Crippen LogP contribution is 2.42. The first-order valence-corrected chi connectivity index (χ1v) is 16.5. The van der Waals surface area contributed by atoms with Crippen molar-refractivity contribution in [2.45, 2.75) is 45.6 Å². The van der Waals surface area contributed by atoms with Gasteiger partial charge in [0.25, 0.3) is 5.91 Å². The van der Waals surface area contributed by atoms with Gasteiger partial charge in [-0.05, 0) is 84.7 Å². The minimum atomic E-state index is 0.0854. The normalized spacial score (nSPS) is 17.6. The number of hydrogen-bond donors (Lipinski definition) is 1. The molecule has 0 unspecified atom stereocenters.